The molecule has 7 heteroatoms. The van der Waals surface area contributed by atoms with Gasteiger partial charge in [-0.15, -0.1) is 11.3 Å². The SMILES string of the molecule is Cc1ncc(-c2nc(-c3cccc(C(=O)O)c3)no2)s1. The van der Waals surface area contributed by atoms with E-state index in [1.165, 1.54) is 23.5 Å². The van der Waals surface area contributed by atoms with Gasteiger partial charge in [0.1, 0.15) is 4.88 Å². The van der Waals surface area contributed by atoms with Crippen LogP contribution >= 0.6 is 11.3 Å². The number of nitrogens with zero attached hydrogens (tertiary/aromatic N) is 3. The normalized spacial score (nSPS) is 10.7. The van der Waals surface area contributed by atoms with Crippen LogP contribution in [0.5, 0.6) is 0 Å². The molecule has 0 amide bonds. The van der Waals surface area contributed by atoms with Gasteiger partial charge < -0.3 is 9.63 Å². The number of rotatable bonds is 3. The van der Waals surface area contributed by atoms with Gasteiger partial charge in [0.25, 0.3) is 5.89 Å². The van der Waals surface area contributed by atoms with Gasteiger partial charge in [-0.25, -0.2) is 9.78 Å². The van der Waals surface area contributed by atoms with E-state index < -0.39 is 5.97 Å². The Bertz CT molecular complexity index is 779. The van der Waals surface area contributed by atoms with E-state index in [0.29, 0.717) is 17.3 Å². The van der Waals surface area contributed by atoms with Crippen molar-refractivity contribution in [2.75, 3.05) is 0 Å². The zero-order valence-corrected chi connectivity index (χ0v) is 11.2. The number of benzene rings is 1. The molecule has 0 fully saturated rings. The molecule has 2 aromatic heterocycles. The molecule has 2 heterocycles. The van der Waals surface area contributed by atoms with Gasteiger partial charge in [-0.2, -0.15) is 4.98 Å². The summed E-state index contributed by atoms with van der Waals surface area (Å²) in [6.07, 6.45) is 1.67. The maximum Gasteiger partial charge on any atom is 0.335 e. The average molecular weight is 287 g/mol. The second-order valence-corrected chi connectivity index (χ2v) is 5.29. The van der Waals surface area contributed by atoms with Crippen LogP contribution in [-0.2, 0) is 0 Å². The van der Waals surface area contributed by atoms with Crippen LogP contribution < -0.4 is 0 Å². The maximum atomic E-state index is 10.9. The Morgan fingerprint density at radius 3 is 2.95 bits per heavy atom. The van der Waals surface area contributed by atoms with E-state index in [9.17, 15) is 4.79 Å². The van der Waals surface area contributed by atoms with E-state index in [1.54, 1.807) is 18.3 Å². The third kappa shape index (κ3) is 2.30. The van der Waals surface area contributed by atoms with Crippen molar-refractivity contribution >= 4 is 17.3 Å². The predicted molar refractivity (Wildman–Crippen MR) is 72.5 cm³/mol. The molecule has 3 aromatic rings. The molecule has 20 heavy (non-hydrogen) atoms. The van der Waals surface area contributed by atoms with Crippen molar-refractivity contribution in [1.29, 1.82) is 0 Å². The third-order valence-corrected chi connectivity index (χ3v) is 3.53. The van der Waals surface area contributed by atoms with Crippen molar-refractivity contribution in [3.63, 3.8) is 0 Å². The van der Waals surface area contributed by atoms with Gasteiger partial charge in [-0.3, -0.25) is 0 Å². The molecule has 1 aromatic carbocycles. The molecule has 0 atom stereocenters. The molecule has 3 rings (SSSR count). The zero-order chi connectivity index (χ0) is 14.1. The van der Waals surface area contributed by atoms with Crippen molar-refractivity contribution < 1.29 is 14.4 Å². The minimum absolute atomic E-state index is 0.183. The number of carboxylic acid groups (broad SMARTS) is 1. The van der Waals surface area contributed by atoms with Crippen LogP contribution in [0.15, 0.2) is 35.0 Å². The number of aryl methyl sites for hydroxylation is 1. The third-order valence-electron chi connectivity index (χ3n) is 2.63. The van der Waals surface area contributed by atoms with Gasteiger partial charge in [0.2, 0.25) is 5.82 Å². The summed E-state index contributed by atoms with van der Waals surface area (Å²) in [6, 6.07) is 6.40. The number of hydrogen-bond acceptors (Lipinski definition) is 6. The summed E-state index contributed by atoms with van der Waals surface area (Å²) in [5, 5.41) is 13.8. The highest BCUT2D eigenvalue weighted by Crippen LogP contribution is 2.26. The lowest BCUT2D eigenvalue weighted by atomic mass is 10.1. The molecule has 1 N–H and O–H groups in total. The van der Waals surface area contributed by atoms with Gasteiger partial charge in [0.05, 0.1) is 16.8 Å². The van der Waals surface area contributed by atoms with Crippen molar-refractivity contribution in [3.8, 4) is 22.2 Å². The van der Waals surface area contributed by atoms with E-state index in [0.717, 1.165) is 9.88 Å². The topological polar surface area (TPSA) is 89.1 Å². The minimum Gasteiger partial charge on any atom is -0.478 e. The standard InChI is InChI=1S/C13H9N3O3S/c1-7-14-6-10(20-7)12-15-11(16-19-12)8-3-2-4-9(5-8)13(17)18/h2-6H,1H3,(H,17,18). The first-order chi connectivity index (χ1) is 9.63. The molecule has 0 bridgehead atoms. The van der Waals surface area contributed by atoms with E-state index in [-0.39, 0.29) is 5.56 Å². The van der Waals surface area contributed by atoms with Crippen LogP contribution in [0.25, 0.3) is 22.2 Å². The number of carbonyl (C=O) groups is 1. The highest BCUT2D eigenvalue weighted by atomic mass is 32.1. The zero-order valence-electron chi connectivity index (χ0n) is 10.4. The fourth-order valence-corrected chi connectivity index (χ4v) is 2.39. The largest absolute Gasteiger partial charge is 0.478 e. The van der Waals surface area contributed by atoms with E-state index >= 15 is 0 Å². The maximum absolute atomic E-state index is 10.9. The molecule has 0 radical (unpaired) electrons. The Labute approximate surface area is 117 Å². The summed E-state index contributed by atoms with van der Waals surface area (Å²) in [7, 11) is 0. The Hall–Kier alpha value is -2.54. The van der Waals surface area contributed by atoms with Crippen LogP contribution in [0, 0.1) is 6.92 Å². The first-order valence-electron chi connectivity index (χ1n) is 5.74. The first kappa shape index (κ1) is 12.5. The average Bonchev–Trinajstić information content (AvgIpc) is 3.07. The van der Waals surface area contributed by atoms with Gasteiger partial charge in [0.15, 0.2) is 0 Å². The highest BCUT2D eigenvalue weighted by molar-refractivity contribution is 7.14. The van der Waals surface area contributed by atoms with Crippen molar-refractivity contribution in [3.05, 3.63) is 41.0 Å². The van der Waals surface area contributed by atoms with E-state index in [1.807, 2.05) is 6.92 Å². The fraction of sp³-hybridized carbons (Fsp3) is 0.0769. The molecule has 6 nitrogen and oxygen atoms in total. The van der Waals surface area contributed by atoms with Crippen LogP contribution in [0.1, 0.15) is 15.4 Å². The van der Waals surface area contributed by atoms with Gasteiger partial charge >= 0.3 is 5.97 Å². The van der Waals surface area contributed by atoms with Crippen LogP contribution in [0.2, 0.25) is 0 Å². The first-order valence-corrected chi connectivity index (χ1v) is 6.55. The summed E-state index contributed by atoms with van der Waals surface area (Å²) < 4.78 is 5.18. The molecule has 100 valence electrons. The predicted octanol–water partition coefficient (Wildman–Crippen LogP) is 2.87. The monoisotopic (exact) mass is 287 g/mol. The lowest BCUT2D eigenvalue weighted by Gasteiger charge is -1.96. The lowest BCUT2D eigenvalue weighted by Crippen LogP contribution is -1.96. The second kappa shape index (κ2) is 4.86. The van der Waals surface area contributed by atoms with Crippen LogP contribution in [0.4, 0.5) is 0 Å². The van der Waals surface area contributed by atoms with Crippen molar-refractivity contribution in [2.45, 2.75) is 6.92 Å². The van der Waals surface area contributed by atoms with Crippen LogP contribution in [-0.4, -0.2) is 26.2 Å². The Balaban J connectivity index is 1.98. The van der Waals surface area contributed by atoms with Gasteiger partial charge in [-0.05, 0) is 19.1 Å². The number of hydrogen-bond donors (Lipinski definition) is 1. The Kier molecular flexibility index (Phi) is 3.03. The molecule has 0 aliphatic rings. The summed E-state index contributed by atoms with van der Waals surface area (Å²) in [5.41, 5.74) is 0.781. The molecule has 0 saturated heterocycles. The number of carboxylic acids is 1. The minimum atomic E-state index is -0.992. The quantitative estimate of drug-likeness (QED) is 0.796. The van der Waals surface area contributed by atoms with E-state index in [4.69, 9.17) is 9.63 Å². The van der Waals surface area contributed by atoms with Gasteiger partial charge in [-0.1, -0.05) is 17.3 Å². The molecule has 0 aliphatic heterocycles. The molecule has 0 aliphatic carbocycles. The van der Waals surface area contributed by atoms with Gasteiger partial charge in [0, 0.05) is 5.56 Å². The number of thiazole rings is 1. The molecule has 0 saturated carbocycles. The smallest absolute Gasteiger partial charge is 0.335 e. The fourth-order valence-electron chi connectivity index (χ4n) is 1.69. The summed E-state index contributed by atoms with van der Waals surface area (Å²) in [4.78, 5) is 20.1. The molecule has 0 unspecified atom stereocenters. The summed E-state index contributed by atoms with van der Waals surface area (Å²) in [5.74, 6) is -0.255. The summed E-state index contributed by atoms with van der Waals surface area (Å²) >= 11 is 1.46. The van der Waals surface area contributed by atoms with Crippen molar-refractivity contribution in [1.82, 2.24) is 15.1 Å². The van der Waals surface area contributed by atoms with E-state index in [2.05, 4.69) is 15.1 Å². The molecular weight excluding hydrogens is 278 g/mol. The van der Waals surface area contributed by atoms with Crippen LogP contribution in [0.3, 0.4) is 0 Å². The Morgan fingerprint density at radius 1 is 1.40 bits per heavy atom. The number of aromatic carboxylic acids is 1. The highest BCUT2D eigenvalue weighted by Gasteiger charge is 2.14. The molecular formula is C13H9N3O3S. The number of aromatic nitrogens is 3. The van der Waals surface area contributed by atoms with Crippen molar-refractivity contribution in [2.24, 2.45) is 0 Å². The molecule has 0 spiro atoms. The lowest BCUT2D eigenvalue weighted by molar-refractivity contribution is 0.0697. The Morgan fingerprint density at radius 2 is 2.25 bits per heavy atom. The second-order valence-electron chi connectivity index (χ2n) is 4.05. The summed E-state index contributed by atoms with van der Waals surface area (Å²) in [6.45, 7) is 1.89.